The Morgan fingerprint density at radius 3 is 2.94 bits per heavy atom. The standard InChI is InChI=1S/C12H15N5O/c1-2-3-17-8-11(7-15-17)16-10-4-9(12(13)18)5-14-6-10/h4-8,16H,2-3H2,1H3,(H2,13,18). The molecule has 0 bridgehead atoms. The van der Waals surface area contributed by atoms with Gasteiger partial charge in [0, 0.05) is 18.9 Å². The number of nitrogens with zero attached hydrogens (tertiary/aromatic N) is 3. The highest BCUT2D eigenvalue weighted by Gasteiger charge is 2.03. The Bertz CT molecular complexity index is 549. The number of pyridine rings is 1. The second-order valence-corrected chi connectivity index (χ2v) is 3.94. The first-order valence-corrected chi connectivity index (χ1v) is 5.73. The molecule has 0 spiro atoms. The summed E-state index contributed by atoms with van der Waals surface area (Å²) >= 11 is 0. The number of carbonyl (C=O) groups excluding carboxylic acids is 1. The highest BCUT2D eigenvalue weighted by molar-refractivity contribution is 5.93. The van der Waals surface area contributed by atoms with Gasteiger partial charge in [0.2, 0.25) is 5.91 Å². The number of carbonyl (C=O) groups is 1. The maximum Gasteiger partial charge on any atom is 0.250 e. The van der Waals surface area contributed by atoms with Gasteiger partial charge in [-0.1, -0.05) is 6.92 Å². The van der Waals surface area contributed by atoms with Crippen LogP contribution in [0.1, 0.15) is 23.7 Å². The van der Waals surface area contributed by atoms with E-state index in [-0.39, 0.29) is 0 Å². The van der Waals surface area contributed by atoms with Crippen LogP contribution in [0.5, 0.6) is 0 Å². The van der Waals surface area contributed by atoms with Crippen LogP contribution in [0.25, 0.3) is 0 Å². The molecule has 6 nitrogen and oxygen atoms in total. The van der Waals surface area contributed by atoms with Gasteiger partial charge in [-0.15, -0.1) is 0 Å². The molecule has 0 aliphatic carbocycles. The Labute approximate surface area is 105 Å². The molecule has 2 aromatic rings. The zero-order valence-electron chi connectivity index (χ0n) is 10.1. The van der Waals surface area contributed by atoms with Crippen LogP contribution in [-0.2, 0) is 6.54 Å². The van der Waals surface area contributed by atoms with E-state index in [1.54, 1.807) is 18.5 Å². The smallest absolute Gasteiger partial charge is 0.250 e. The van der Waals surface area contributed by atoms with E-state index in [1.165, 1.54) is 6.20 Å². The third-order valence-corrected chi connectivity index (χ3v) is 2.40. The van der Waals surface area contributed by atoms with Crippen LogP contribution in [0.3, 0.4) is 0 Å². The lowest BCUT2D eigenvalue weighted by Gasteiger charge is -2.03. The van der Waals surface area contributed by atoms with Crippen molar-refractivity contribution in [3.8, 4) is 0 Å². The number of hydrogen-bond donors (Lipinski definition) is 2. The van der Waals surface area contributed by atoms with Gasteiger partial charge < -0.3 is 11.1 Å². The third-order valence-electron chi connectivity index (χ3n) is 2.40. The summed E-state index contributed by atoms with van der Waals surface area (Å²) in [6, 6.07) is 1.66. The van der Waals surface area contributed by atoms with Gasteiger partial charge >= 0.3 is 0 Å². The minimum Gasteiger partial charge on any atom is -0.366 e. The van der Waals surface area contributed by atoms with Crippen LogP contribution in [-0.4, -0.2) is 20.7 Å². The zero-order valence-corrected chi connectivity index (χ0v) is 10.1. The lowest BCUT2D eigenvalue weighted by molar-refractivity contribution is 0.1000. The highest BCUT2D eigenvalue weighted by Crippen LogP contribution is 2.15. The average Bonchev–Trinajstić information content (AvgIpc) is 2.77. The van der Waals surface area contributed by atoms with Crippen LogP contribution in [0.4, 0.5) is 11.4 Å². The van der Waals surface area contributed by atoms with Gasteiger partial charge in [0.15, 0.2) is 0 Å². The van der Waals surface area contributed by atoms with E-state index in [2.05, 4.69) is 22.3 Å². The van der Waals surface area contributed by atoms with Crippen LogP contribution in [0.2, 0.25) is 0 Å². The van der Waals surface area contributed by atoms with E-state index in [9.17, 15) is 4.79 Å². The summed E-state index contributed by atoms with van der Waals surface area (Å²) in [7, 11) is 0. The molecule has 0 saturated heterocycles. The molecule has 0 fully saturated rings. The number of hydrogen-bond acceptors (Lipinski definition) is 4. The largest absolute Gasteiger partial charge is 0.366 e. The Morgan fingerprint density at radius 1 is 1.39 bits per heavy atom. The summed E-state index contributed by atoms with van der Waals surface area (Å²) < 4.78 is 1.85. The zero-order chi connectivity index (χ0) is 13.0. The topological polar surface area (TPSA) is 85.8 Å². The molecule has 2 rings (SSSR count). The van der Waals surface area contributed by atoms with E-state index < -0.39 is 5.91 Å². The van der Waals surface area contributed by atoms with E-state index in [0.717, 1.165) is 18.7 Å². The van der Waals surface area contributed by atoms with E-state index in [0.29, 0.717) is 11.3 Å². The van der Waals surface area contributed by atoms with Crippen molar-refractivity contribution in [2.45, 2.75) is 19.9 Å². The molecule has 94 valence electrons. The van der Waals surface area contributed by atoms with Crippen molar-refractivity contribution in [2.24, 2.45) is 5.73 Å². The number of nitrogens with one attached hydrogen (secondary N) is 1. The summed E-state index contributed by atoms with van der Waals surface area (Å²) in [5.74, 6) is -0.493. The number of anilines is 2. The fourth-order valence-electron chi connectivity index (χ4n) is 1.59. The molecule has 0 atom stereocenters. The van der Waals surface area contributed by atoms with Crippen molar-refractivity contribution < 1.29 is 4.79 Å². The van der Waals surface area contributed by atoms with Crippen LogP contribution >= 0.6 is 0 Å². The summed E-state index contributed by atoms with van der Waals surface area (Å²) in [5.41, 5.74) is 7.14. The van der Waals surface area contributed by atoms with E-state index in [1.807, 2.05) is 10.9 Å². The first-order chi connectivity index (χ1) is 8.69. The Balaban J connectivity index is 2.12. The quantitative estimate of drug-likeness (QED) is 0.836. The minimum atomic E-state index is -0.493. The van der Waals surface area contributed by atoms with Crippen LogP contribution in [0.15, 0.2) is 30.9 Å². The van der Waals surface area contributed by atoms with Crippen molar-refractivity contribution in [1.29, 1.82) is 0 Å². The molecule has 0 aliphatic heterocycles. The molecule has 2 aromatic heterocycles. The third kappa shape index (κ3) is 2.85. The maximum atomic E-state index is 11.0. The average molecular weight is 245 g/mol. The summed E-state index contributed by atoms with van der Waals surface area (Å²) in [6.07, 6.45) is 7.73. The highest BCUT2D eigenvalue weighted by atomic mass is 16.1. The molecule has 0 saturated carbocycles. The molecule has 18 heavy (non-hydrogen) atoms. The van der Waals surface area contributed by atoms with Gasteiger partial charge in [-0.3, -0.25) is 14.5 Å². The van der Waals surface area contributed by atoms with Gasteiger partial charge in [-0.05, 0) is 12.5 Å². The Morgan fingerprint density at radius 2 is 2.22 bits per heavy atom. The first-order valence-electron chi connectivity index (χ1n) is 5.73. The predicted octanol–water partition coefficient (Wildman–Crippen LogP) is 1.53. The van der Waals surface area contributed by atoms with Crippen molar-refractivity contribution in [2.75, 3.05) is 5.32 Å². The predicted molar refractivity (Wildman–Crippen MR) is 68.6 cm³/mol. The van der Waals surface area contributed by atoms with E-state index in [4.69, 9.17) is 5.73 Å². The molecule has 0 aliphatic rings. The molecule has 6 heteroatoms. The molecule has 0 unspecified atom stereocenters. The fourth-order valence-corrected chi connectivity index (χ4v) is 1.59. The number of amides is 1. The second kappa shape index (κ2) is 5.31. The molecule has 1 amide bonds. The minimum absolute atomic E-state index is 0.376. The Hall–Kier alpha value is -2.37. The summed E-state index contributed by atoms with van der Waals surface area (Å²) in [4.78, 5) is 15.0. The lowest BCUT2D eigenvalue weighted by Crippen LogP contribution is -2.11. The number of primary amides is 1. The van der Waals surface area contributed by atoms with Crippen LogP contribution < -0.4 is 11.1 Å². The fraction of sp³-hybridized carbons (Fsp3) is 0.250. The van der Waals surface area contributed by atoms with Crippen molar-refractivity contribution in [3.63, 3.8) is 0 Å². The van der Waals surface area contributed by atoms with Gasteiger partial charge in [0.05, 0.1) is 29.3 Å². The Kier molecular flexibility index (Phi) is 3.57. The molecule has 0 aromatic carbocycles. The number of aryl methyl sites for hydroxylation is 1. The number of rotatable bonds is 5. The van der Waals surface area contributed by atoms with Gasteiger partial charge in [-0.2, -0.15) is 5.10 Å². The number of nitrogens with two attached hydrogens (primary N) is 1. The second-order valence-electron chi connectivity index (χ2n) is 3.94. The SMILES string of the molecule is CCCn1cc(Nc2cncc(C(N)=O)c2)cn1. The van der Waals surface area contributed by atoms with Gasteiger partial charge in [0.1, 0.15) is 0 Å². The summed E-state index contributed by atoms with van der Waals surface area (Å²) in [5, 5.41) is 7.33. The van der Waals surface area contributed by atoms with Crippen molar-refractivity contribution in [1.82, 2.24) is 14.8 Å². The molecular formula is C12H15N5O. The lowest BCUT2D eigenvalue weighted by atomic mass is 10.2. The summed E-state index contributed by atoms with van der Waals surface area (Å²) in [6.45, 7) is 2.97. The molecule has 0 radical (unpaired) electrons. The molecule has 2 heterocycles. The maximum absolute atomic E-state index is 11.0. The van der Waals surface area contributed by atoms with E-state index >= 15 is 0 Å². The number of aromatic nitrogens is 3. The monoisotopic (exact) mass is 245 g/mol. The molecular weight excluding hydrogens is 230 g/mol. The van der Waals surface area contributed by atoms with Gasteiger partial charge in [-0.25, -0.2) is 0 Å². The van der Waals surface area contributed by atoms with Crippen molar-refractivity contribution >= 4 is 17.3 Å². The van der Waals surface area contributed by atoms with Crippen LogP contribution in [0, 0.1) is 0 Å². The van der Waals surface area contributed by atoms with Gasteiger partial charge in [0.25, 0.3) is 0 Å². The first kappa shape index (κ1) is 12.1. The molecule has 3 N–H and O–H groups in total. The normalized spacial score (nSPS) is 10.3. The van der Waals surface area contributed by atoms with Crippen molar-refractivity contribution in [3.05, 3.63) is 36.4 Å².